The Bertz CT molecular complexity index is 598. The summed E-state index contributed by atoms with van der Waals surface area (Å²) in [5.74, 6) is 1.69. The maximum Gasteiger partial charge on any atom is 0.171 e. The summed E-state index contributed by atoms with van der Waals surface area (Å²) in [5, 5.41) is 0. The minimum Gasteiger partial charge on any atom is -0.383 e. The Morgan fingerprint density at radius 2 is 1.80 bits per heavy atom. The monoisotopic (exact) mass is 289 g/mol. The zero-order valence-electron chi connectivity index (χ0n) is 13.1. The van der Waals surface area contributed by atoms with Gasteiger partial charge in [-0.2, -0.15) is 0 Å². The predicted molar refractivity (Wildman–Crippen MR) is 87.3 cm³/mol. The molecule has 108 valence electrons. The van der Waals surface area contributed by atoms with Gasteiger partial charge >= 0.3 is 0 Å². The maximum absolute atomic E-state index is 6.11. The molecule has 4 heteroatoms. The highest BCUT2D eigenvalue weighted by Gasteiger charge is 2.19. The smallest absolute Gasteiger partial charge is 0.171 e. The van der Waals surface area contributed by atoms with Crippen molar-refractivity contribution in [3.8, 4) is 10.7 Å². The van der Waals surface area contributed by atoms with Gasteiger partial charge < -0.3 is 5.73 Å². The molecular formula is C16H23N3S. The van der Waals surface area contributed by atoms with Crippen LogP contribution < -0.4 is 5.73 Å². The summed E-state index contributed by atoms with van der Waals surface area (Å²) in [4.78, 5) is 11.6. The topological polar surface area (TPSA) is 51.8 Å². The van der Waals surface area contributed by atoms with Gasteiger partial charge in [0.05, 0.1) is 4.88 Å². The molecule has 2 rings (SSSR count). The van der Waals surface area contributed by atoms with Crippen molar-refractivity contribution in [1.82, 2.24) is 9.97 Å². The van der Waals surface area contributed by atoms with Crippen molar-refractivity contribution in [1.29, 1.82) is 0 Å². The number of aromatic nitrogens is 2. The Morgan fingerprint density at radius 1 is 1.15 bits per heavy atom. The van der Waals surface area contributed by atoms with Crippen molar-refractivity contribution in [2.45, 2.75) is 52.9 Å². The molecule has 0 fully saturated rings. The van der Waals surface area contributed by atoms with Crippen LogP contribution in [0.15, 0.2) is 12.1 Å². The van der Waals surface area contributed by atoms with Crippen LogP contribution in [0.3, 0.4) is 0 Å². The number of thiophene rings is 1. The first-order valence-corrected chi connectivity index (χ1v) is 7.76. The Morgan fingerprint density at radius 3 is 2.25 bits per heavy atom. The highest BCUT2D eigenvalue weighted by molar-refractivity contribution is 7.15. The van der Waals surface area contributed by atoms with Crippen LogP contribution in [-0.2, 0) is 5.41 Å². The third-order valence-corrected chi connectivity index (χ3v) is 4.82. The Balaban J connectivity index is 2.47. The quantitative estimate of drug-likeness (QED) is 0.884. The molecule has 0 aliphatic carbocycles. The molecule has 0 saturated heterocycles. The van der Waals surface area contributed by atoms with Gasteiger partial charge in [-0.15, -0.1) is 11.3 Å². The van der Waals surface area contributed by atoms with Crippen molar-refractivity contribution in [3.63, 3.8) is 0 Å². The van der Waals surface area contributed by atoms with Crippen LogP contribution in [0.4, 0.5) is 5.82 Å². The lowest BCUT2D eigenvalue weighted by atomic mass is 9.95. The number of nitrogens with two attached hydrogens (primary N) is 1. The number of nitrogens with zero attached hydrogens (tertiary/aromatic N) is 2. The van der Waals surface area contributed by atoms with Crippen molar-refractivity contribution in [2.24, 2.45) is 0 Å². The molecule has 2 aromatic rings. The summed E-state index contributed by atoms with van der Waals surface area (Å²) in [6, 6.07) is 4.25. The standard InChI is InChI=1S/C16H23N3S/c1-9(2)13-10(3)18-15(19-14(13)17)11-7-8-12(20-11)16(4,5)6/h7-9H,1-6H3,(H2,17,18,19). The average molecular weight is 289 g/mol. The lowest BCUT2D eigenvalue weighted by molar-refractivity contribution is 0.604. The molecule has 0 bridgehead atoms. The van der Waals surface area contributed by atoms with E-state index in [0.29, 0.717) is 11.7 Å². The molecule has 3 nitrogen and oxygen atoms in total. The third kappa shape index (κ3) is 2.85. The summed E-state index contributed by atoms with van der Waals surface area (Å²) in [6.45, 7) is 12.9. The van der Waals surface area contributed by atoms with Gasteiger partial charge in [-0.1, -0.05) is 34.6 Å². The van der Waals surface area contributed by atoms with Crippen LogP contribution in [0.5, 0.6) is 0 Å². The van der Waals surface area contributed by atoms with E-state index in [1.807, 2.05) is 6.92 Å². The molecule has 0 aromatic carbocycles. The van der Waals surface area contributed by atoms with E-state index in [2.05, 4.69) is 56.7 Å². The van der Waals surface area contributed by atoms with Gasteiger partial charge in [-0.25, -0.2) is 9.97 Å². The minimum atomic E-state index is 0.154. The molecule has 0 saturated carbocycles. The van der Waals surface area contributed by atoms with Gasteiger partial charge in [0.1, 0.15) is 5.82 Å². The average Bonchev–Trinajstić information content (AvgIpc) is 2.75. The number of nitrogen functional groups attached to an aromatic ring is 1. The third-order valence-electron chi connectivity index (χ3n) is 3.31. The number of rotatable bonds is 2. The molecule has 0 unspecified atom stereocenters. The van der Waals surface area contributed by atoms with Crippen LogP contribution in [0.25, 0.3) is 10.7 Å². The largest absolute Gasteiger partial charge is 0.383 e. The van der Waals surface area contributed by atoms with Gasteiger partial charge in [-0.3, -0.25) is 0 Å². The van der Waals surface area contributed by atoms with Crippen LogP contribution in [-0.4, -0.2) is 9.97 Å². The lowest BCUT2D eigenvalue weighted by Gasteiger charge is -2.15. The van der Waals surface area contributed by atoms with E-state index in [1.165, 1.54) is 4.88 Å². The van der Waals surface area contributed by atoms with Crippen LogP contribution in [0.2, 0.25) is 0 Å². The molecule has 0 spiro atoms. The second kappa shape index (κ2) is 5.17. The van der Waals surface area contributed by atoms with Crippen LogP contribution in [0.1, 0.15) is 56.7 Å². The van der Waals surface area contributed by atoms with Crippen LogP contribution in [0, 0.1) is 6.92 Å². The van der Waals surface area contributed by atoms with Gasteiger partial charge in [0, 0.05) is 16.1 Å². The van der Waals surface area contributed by atoms with Gasteiger partial charge in [-0.05, 0) is 30.4 Å². The molecular weight excluding hydrogens is 266 g/mol. The zero-order chi connectivity index (χ0) is 15.1. The normalized spacial score (nSPS) is 12.2. The Kier molecular flexibility index (Phi) is 3.87. The fourth-order valence-electron chi connectivity index (χ4n) is 2.29. The number of aryl methyl sites for hydroxylation is 1. The molecule has 0 atom stereocenters. The van der Waals surface area contributed by atoms with E-state index in [-0.39, 0.29) is 5.41 Å². The van der Waals surface area contributed by atoms with Gasteiger partial charge in [0.25, 0.3) is 0 Å². The van der Waals surface area contributed by atoms with E-state index in [9.17, 15) is 0 Å². The summed E-state index contributed by atoms with van der Waals surface area (Å²) < 4.78 is 0. The molecule has 0 amide bonds. The van der Waals surface area contributed by atoms with Crippen molar-refractivity contribution in [3.05, 3.63) is 28.3 Å². The minimum absolute atomic E-state index is 0.154. The molecule has 20 heavy (non-hydrogen) atoms. The molecule has 2 N–H and O–H groups in total. The van der Waals surface area contributed by atoms with E-state index < -0.39 is 0 Å². The molecule has 0 aliphatic rings. The summed E-state index contributed by atoms with van der Waals surface area (Å²) in [6.07, 6.45) is 0. The summed E-state index contributed by atoms with van der Waals surface area (Å²) in [5.41, 5.74) is 8.30. The zero-order valence-corrected chi connectivity index (χ0v) is 13.9. The van der Waals surface area contributed by atoms with Crippen molar-refractivity contribution in [2.75, 3.05) is 5.73 Å². The second-order valence-corrected chi connectivity index (χ2v) is 7.58. The first kappa shape index (κ1) is 15.0. The van der Waals surface area contributed by atoms with Gasteiger partial charge in [0.2, 0.25) is 0 Å². The predicted octanol–water partition coefficient (Wildman–Crippen LogP) is 4.52. The molecule has 0 aliphatic heterocycles. The van der Waals surface area contributed by atoms with E-state index in [1.54, 1.807) is 11.3 Å². The Hall–Kier alpha value is -1.42. The highest BCUT2D eigenvalue weighted by atomic mass is 32.1. The SMILES string of the molecule is Cc1nc(-c2ccc(C(C)(C)C)s2)nc(N)c1C(C)C. The van der Waals surface area contributed by atoms with E-state index in [0.717, 1.165) is 22.0 Å². The summed E-state index contributed by atoms with van der Waals surface area (Å²) in [7, 11) is 0. The first-order valence-electron chi connectivity index (χ1n) is 6.95. The molecule has 2 heterocycles. The van der Waals surface area contributed by atoms with Crippen molar-refractivity contribution >= 4 is 17.2 Å². The number of hydrogen-bond donors (Lipinski definition) is 1. The van der Waals surface area contributed by atoms with Crippen molar-refractivity contribution < 1.29 is 0 Å². The summed E-state index contributed by atoms with van der Waals surface area (Å²) >= 11 is 1.74. The first-order chi connectivity index (χ1) is 9.20. The van der Waals surface area contributed by atoms with Crippen LogP contribution >= 0.6 is 11.3 Å². The highest BCUT2D eigenvalue weighted by Crippen LogP contribution is 2.35. The van der Waals surface area contributed by atoms with E-state index >= 15 is 0 Å². The fourth-order valence-corrected chi connectivity index (χ4v) is 3.29. The maximum atomic E-state index is 6.11. The number of anilines is 1. The van der Waals surface area contributed by atoms with Gasteiger partial charge in [0.15, 0.2) is 5.82 Å². The fraction of sp³-hybridized carbons (Fsp3) is 0.500. The second-order valence-electron chi connectivity index (χ2n) is 6.50. The molecule has 0 radical (unpaired) electrons. The Labute approximate surface area is 125 Å². The number of hydrogen-bond acceptors (Lipinski definition) is 4. The lowest BCUT2D eigenvalue weighted by Crippen LogP contribution is -2.07. The van der Waals surface area contributed by atoms with E-state index in [4.69, 9.17) is 5.73 Å². The molecule has 2 aromatic heterocycles.